The van der Waals surface area contributed by atoms with Gasteiger partial charge in [-0.3, -0.25) is 9.59 Å². The number of fused-ring (bicyclic) bond motifs is 1. The van der Waals surface area contributed by atoms with Crippen molar-refractivity contribution in [1.29, 1.82) is 0 Å². The van der Waals surface area contributed by atoms with Gasteiger partial charge in [0.25, 0.3) is 5.91 Å². The largest absolute Gasteiger partial charge is 0.354 e. The molecule has 6 heteroatoms. The molecule has 1 aromatic heterocycles. The van der Waals surface area contributed by atoms with Crippen LogP contribution < -0.4 is 10.6 Å². The zero-order chi connectivity index (χ0) is 19.5. The molecule has 1 aliphatic rings. The summed E-state index contributed by atoms with van der Waals surface area (Å²) in [6.07, 6.45) is 2.40. The molecular weight excluding hydrogens is 357 g/mol. The summed E-state index contributed by atoms with van der Waals surface area (Å²) in [6, 6.07) is 15.4. The number of amides is 2. The number of rotatable bonds is 4. The Morgan fingerprint density at radius 3 is 2.79 bits per heavy atom. The van der Waals surface area contributed by atoms with Gasteiger partial charge in [0, 0.05) is 23.0 Å². The second-order valence-corrected chi connectivity index (χ2v) is 7.08. The van der Waals surface area contributed by atoms with E-state index in [4.69, 9.17) is 0 Å². The van der Waals surface area contributed by atoms with Crippen molar-refractivity contribution in [2.24, 2.45) is 0 Å². The summed E-state index contributed by atoms with van der Waals surface area (Å²) in [5.74, 6) is -0.785. The Morgan fingerprint density at radius 1 is 1.14 bits per heavy atom. The van der Waals surface area contributed by atoms with Crippen LogP contribution in [0, 0.1) is 5.82 Å². The Hall–Kier alpha value is -3.15. The Kier molecular flexibility index (Phi) is 5.10. The number of aromatic nitrogens is 1. The second-order valence-electron chi connectivity index (χ2n) is 7.08. The molecule has 1 saturated heterocycles. The van der Waals surface area contributed by atoms with Crippen LogP contribution in [0.1, 0.15) is 35.3 Å². The number of carbonyl (C=O) groups excluding carboxylic acids is 2. The molecule has 4 rings (SSSR count). The number of benzene rings is 2. The molecule has 3 aromatic rings. The van der Waals surface area contributed by atoms with E-state index in [1.807, 2.05) is 24.3 Å². The molecule has 28 heavy (non-hydrogen) atoms. The molecule has 1 fully saturated rings. The average Bonchev–Trinajstić information content (AvgIpc) is 2.94. The summed E-state index contributed by atoms with van der Waals surface area (Å²) in [7, 11) is 0. The lowest BCUT2D eigenvalue weighted by molar-refractivity contribution is -0.122. The monoisotopic (exact) mass is 379 g/mol. The van der Waals surface area contributed by atoms with Gasteiger partial charge in [-0.2, -0.15) is 0 Å². The van der Waals surface area contributed by atoms with Gasteiger partial charge in [-0.25, -0.2) is 4.39 Å². The zero-order valence-electron chi connectivity index (χ0n) is 15.5. The van der Waals surface area contributed by atoms with E-state index in [-0.39, 0.29) is 24.2 Å². The normalized spacial score (nSPS) is 17.2. The summed E-state index contributed by atoms with van der Waals surface area (Å²) < 4.78 is 16.0. The van der Waals surface area contributed by atoms with Crippen molar-refractivity contribution in [2.75, 3.05) is 6.54 Å². The molecule has 0 aliphatic carbocycles. The number of carbonyl (C=O) groups is 2. The van der Waals surface area contributed by atoms with Crippen molar-refractivity contribution in [3.05, 3.63) is 71.7 Å². The number of nitrogens with one attached hydrogen (secondary N) is 2. The van der Waals surface area contributed by atoms with Gasteiger partial charge < -0.3 is 15.2 Å². The summed E-state index contributed by atoms with van der Waals surface area (Å²) in [4.78, 5) is 25.2. The van der Waals surface area contributed by atoms with Crippen LogP contribution in [0.25, 0.3) is 10.9 Å². The van der Waals surface area contributed by atoms with E-state index < -0.39 is 6.04 Å². The standard InChI is InChI=1S/C22H22FN3O2/c23-17-9-3-1-8-16(17)14-26-19-11-4-2-7-15(19)13-20(26)22(28)25-18-10-5-6-12-24-21(18)27/h1-4,7-9,11,13,18H,5-6,10,12,14H2,(H,24,27)(H,25,28)/t18-/m0/s1. The topological polar surface area (TPSA) is 63.1 Å². The van der Waals surface area contributed by atoms with Crippen LogP contribution in [-0.4, -0.2) is 29.0 Å². The lowest BCUT2D eigenvalue weighted by Crippen LogP contribution is -2.45. The first-order valence-electron chi connectivity index (χ1n) is 9.54. The van der Waals surface area contributed by atoms with Gasteiger partial charge in [0.2, 0.25) is 5.91 Å². The molecular formula is C22H22FN3O2. The fourth-order valence-corrected chi connectivity index (χ4v) is 3.68. The second kappa shape index (κ2) is 7.84. The van der Waals surface area contributed by atoms with Crippen LogP contribution in [0.3, 0.4) is 0 Å². The third-order valence-electron chi connectivity index (χ3n) is 5.17. The lowest BCUT2D eigenvalue weighted by Gasteiger charge is -2.17. The molecule has 0 bridgehead atoms. The fourth-order valence-electron chi connectivity index (χ4n) is 3.68. The van der Waals surface area contributed by atoms with Gasteiger partial charge in [0.1, 0.15) is 17.6 Å². The summed E-state index contributed by atoms with van der Waals surface area (Å²) in [5, 5.41) is 6.59. The minimum Gasteiger partial charge on any atom is -0.354 e. The van der Waals surface area contributed by atoms with E-state index in [1.54, 1.807) is 28.8 Å². The molecule has 0 unspecified atom stereocenters. The Balaban J connectivity index is 1.69. The molecule has 2 amide bonds. The van der Waals surface area contributed by atoms with Crippen molar-refractivity contribution >= 4 is 22.7 Å². The summed E-state index contributed by atoms with van der Waals surface area (Å²) in [6.45, 7) is 0.874. The van der Waals surface area contributed by atoms with Gasteiger partial charge in [-0.15, -0.1) is 0 Å². The van der Waals surface area contributed by atoms with Crippen LogP contribution in [0.2, 0.25) is 0 Å². The van der Waals surface area contributed by atoms with Crippen LogP contribution >= 0.6 is 0 Å². The third kappa shape index (κ3) is 3.63. The Labute approximate surface area is 162 Å². The molecule has 0 radical (unpaired) electrons. The maximum atomic E-state index is 14.2. The first-order valence-corrected chi connectivity index (χ1v) is 9.54. The predicted molar refractivity (Wildman–Crippen MR) is 106 cm³/mol. The van der Waals surface area contributed by atoms with Crippen molar-refractivity contribution in [1.82, 2.24) is 15.2 Å². The van der Waals surface area contributed by atoms with E-state index in [1.165, 1.54) is 6.07 Å². The van der Waals surface area contributed by atoms with E-state index in [0.717, 1.165) is 23.7 Å². The average molecular weight is 379 g/mol. The third-order valence-corrected chi connectivity index (χ3v) is 5.17. The van der Waals surface area contributed by atoms with Gasteiger partial charge in [-0.1, -0.05) is 36.4 Å². The zero-order valence-corrected chi connectivity index (χ0v) is 15.5. The summed E-state index contributed by atoms with van der Waals surface area (Å²) >= 11 is 0. The molecule has 1 aliphatic heterocycles. The number of hydrogen-bond acceptors (Lipinski definition) is 2. The number of nitrogens with zero attached hydrogens (tertiary/aromatic N) is 1. The van der Waals surface area contributed by atoms with E-state index in [0.29, 0.717) is 24.2 Å². The van der Waals surface area contributed by atoms with Crippen molar-refractivity contribution in [3.63, 3.8) is 0 Å². The first kappa shape index (κ1) is 18.2. The lowest BCUT2D eigenvalue weighted by atomic mass is 10.1. The Morgan fingerprint density at radius 2 is 1.93 bits per heavy atom. The summed E-state index contributed by atoms with van der Waals surface area (Å²) in [5.41, 5.74) is 1.77. The van der Waals surface area contributed by atoms with Gasteiger partial charge in [0.15, 0.2) is 0 Å². The predicted octanol–water partition coefficient (Wildman–Crippen LogP) is 3.23. The van der Waals surface area contributed by atoms with Crippen LogP contribution in [-0.2, 0) is 11.3 Å². The van der Waals surface area contributed by atoms with Gasteiger partial charge in [-0.05, 0) is 37.5 Å². The molecule has 0 saturated carbocycles. The highest BCUT2D eigenvalue weighted by atomic mass is 19.1. The maximum absolute atomic E-state index is 14.2. The van der Waals surface area contributed by atoms with E-state index >= 15 is 0 Å². The van der Waals surface area contributed by atoms with Crippen LogP contribution in [0.4, 0.5) is 4.39 Å². The van der Waals surface area contributed by atoms with Crippen molar-refractivity contribution in [2.45, 2.75) is 31.8 Å². The quantitative estimate of drug-likeness (QED) is 0.731. The highest BCUT2D eigenvalue weighted by Gasteiger charge is 2.25. The maximum Gasteiger partial charge on any atom is 0.268 e. The van der Waals surface area contributed by atoms with Crippen LogP contribution in [0.5, 0.6) is 0 Å². The minimum atomic E-state index is -0.546. The van der Waals surface area contributed by atoms with E-state index in [2.05, 4.69) is 10.6 Å². The molecule has 2 N–H and O–H groups in total. The van der Waals surface area contributed by atoms with Gasteiger partial charge >= 0.3 is 0 Å². The number of halogens is 1. The van der Waals surface area contributed by atoms with E-state index in [9.17, 15) is 14.0 Å². The molecule has 0 spiro atoms. The molecule has 2 aromatic carbocycles. The number of hydrogen-bond donors (Lipinski definition) is 2. The molecule has 2 heterocycles. The van der Waals surface area contributed by atoms with Crippen molar-refractivity contribution < 1.29 is 14.0 Å². The first-order chi connectivity index (χ1) is 13.6. The molecule has 5 nitrogen and oxygen atoms in total. The highest BCUT2D eigenvalue weighted by molar-refractivity contribution is 6.00. The van der Waals surface area contributed by atoms with Crippen molar-refractivity contribution in [3.8, 4) is 0 Å². The SMILES string of the molecule is O=C(N[C@H]1CCCCNC1=O)c1cc2ccccc2n1Cc1ccccc1F. The van der Waals surface area contributed by atoms with Crippen LogP contribution in [0.15, 0.2) is 54.6 Å². The van der Waals surface area contributed by atoms with Gasteiger partial charge in [0.05, 0.1) is 6.54 Å². The number of para-hydroxylation sites is 1. The molecule has 144 valence electrons. The molecule has 1 atom stereocenters. The smallest absolute Gasteiger partial charge is 0.268 e. The highest BCUT2D eigenvalue weighted by Crippen LogP contribution is 2.22. The minimum absolute atomic E-state index is 0.150. The Bertz CT molecular complexity index is 1030. The fraction of sp³-hybridized carbons (Fsp3) is 0.273.